The summed E-state index contributed by atoms with van der Waals surface area (Å²) >= 11 is 5.08. The molecule has 15 heavy (non-hydrogen) atoms. The van der Waals surface area contributed by atoms with Gasteiger partial charge in [-0.3, -0.25) is 0 Å². The van der Waals surface area contributed by atoms with Gasteiger partial charge >= 0.3 is 0 Å². The maximum absolute atomic E-state index is 5.08. The van der Waals surface area contributed by atoms with Crippen LogP contribution in [-0.2, 0) is 6.54 Å². The Balaban J connectivity index is 2.05. The van der Waals surface area contributed by atoms with Gasteiger partial charge in [0.1, 0.15) is 8.82 Å². The van der Waals surface area contributed by atoms with Crippen LogP contribution >= 0.6 is 32.9 Å². The molecule has 1 nitrogen and oxygen atoms in total. The van der Waals surface area contributed by atoms with E-state index in [9.17, 15) is 0 Å². The van der Waals surface area contributed by atoms with E-state index in [1.54, 1.807) is 20.7 Å². The molecule has 1 N–H and O–H groups in total. The molecule has 78 valence electrons. The van der Waals surface area contributed by atoms with Gasteiger partial charge in [-0.2, -0.15) is 0 Å². The largest absolute Gasteiger partial charge is 0.372 e. The van der Waals surface area contributed by atoms with Crippen LogP contribution in [-0.4, -0.2) is 0 Å². The van der Waals surface area contributed by atoms with Crippen molar-refractivity contribution < 1.29 is 0 Å². The predicted octanol–water partition coefficient (Wildman–Crippen LogP) is 4.46. The van der Waals surface area contributed by atoms with E-state index >= 15 is 0 Å². The summed E-state index contributed by atoms with van der Waals surface area (Å²) < 4.78 is 0.951. The molecule has 0 fully saturated rings. The molecule has 0 amide bonds. The Kier molecular flexibility index (Phi) is 3.51. The first-order chi connectivity index (χ1) is 7.25. The SMILES string of the molecule is Cc1ccccc1CNc1cc(=S)ss1. The average molecular weight is 253 g/mol. The number of benzene rings is 1. The molecular weight excluding hydrogens is 242 g/mol. The quantitative estimate of drug-likeness (QED) is 0.640. The number of hydrogen-bond acceptors (Lipinski definition) is 4. The van der Waals surface area contributed by atoms with Crippen LogP contribution in [0.3, 0.4) is 0 Å². The molecule has 0 spiro atoms. The van der Waals surface area contributed by atoms with Crippen LogP contribution < -0.4 is 5.32 Å². The Bertz CT molecular complexity index is 498. The number of hydrogen-bond donors (Lipinski definition) is 1. The Labute approximate surface area is 102 Å². The van der Waals surface area contributed by atoms with Crippen LogP contribution in [0.4, 0.5) is 5.00 Å². The summed E-state index contributed by atoms with van der Waals surface area (Å²) in [6.45, 7) is 3.00. The first-order valence-corrected chi connectivity index (χ1v) is 7.20. The van der Waals surface area contributed by atoms with E-state index in [4.69, 9.17) is 12.2 Å². The van der Waals surface area contributed by atoms with Crippen LogP contribution in [0.25, 0.3) is 0 Å². The molecule has 2 rings (SSSR count). The van der Waals surface area contributed by atoms with Gasteiger partial charge in [0.15, 0.2) is 0 Å². The van der Waals surface area contributed by atoms with E-state index < -0.39 is 0 Å². The zero-order chi connectivity index (χ0) is 10.7. The highest BCUT2D eigenvalue weighted by molar-refractivity contribution is 7.80. The van der Waals surface area contributed by atoms with Gasteiger partial charge in [0.25, 0.3) is 0 Å². The molecule has 0 radical (unpaired) electrons. The minimum absolute atomic E-state index is 0.870. The van der Waals surface area contributed by atoms with Gasteiger partial charge in [0.2, 0.25) is 0 Å². The molecule has 0 saturated heterocycles. The van der Waals surface area contributed by atoms with Gasteiger partial charge in [-0.15, -0.1) is 0 Å². The average Bonchev–Trinajstić information content (AvgIpc) is 2.63. The number of anilines is 1. The van der Waals surface area contributed by atoms with Crippen LogP contribution in [0.2, 0.25) is 0 Å². The fourth-order valence-electron chi connectivity index (χ4n) is 1.31. The van der Waals surface area contributed by atoms with E-state index in [1.165, 1.54) is 11.1 Å². The first-order valence-electron chi connectivity index (χ1n) is 4.64. The van der Waals surface area contributed by atoms with Gasteiger partial charge in [-0.1, -0.05) is 57.2 Å². The normalized spacial score (nSPS) is 10.2. The van der Waals surface area contributed by atoms with Crippen molar-refractivity contribution in [1.82, 2.24) is 0 Å². The van der Waals surface area contributed by atoms with Gasteiger partial charge in [-0.05, 0) is 18.1 Å². The summed E-state index contributed by atoms with van der Waals surface area (Å²) in [4.78, 5) is 0. The van der Waals surface area contributed by atoms with Crippen LogP contribution in [0, 0.1) is 10.7 Å². The molecule has 0 saturated carbocycles. The summed E-state index contributed by atoms with van der Waals surface area (Å²) in [6.07, 6.45) is 0. The Hall–Kier alpha value is -0.710. The molecule has 0 unspecified atom stereocenters. The summed E-state index contributed by atoms with van der Waals surface area (Å²) in [5, 5.41) is 4.55. The minimum Gasteiger partial charge on any atom is -0.372 e. The van der Waals surface area contributed by atoms with Gasteiger partial charge in [-0.25, -0.2) is 0 Å². The molecule has 0 bridgehead atoms. The minimum atomic E-state index is 0.870. The highest BCUT2D eigenvalue weighted by Gasteiger charge is 1.98. The summed E-state index contributed by atoms with van der Waals surface area (Å²) in [7, 11) is 3.34. The molecule has 0 aliphatic rings. The third-order valence-electron chi connectivity index (χ3n) is 2.18. The van der Waals surface area contributed by atoms with E-state index in [0.29, 0.717) is 0 Å². The molecule has 0 atom stereocenters. The van der Waals surface area contributed by atoms with Crippen molar-refractivity contribution in [2.45, 2.75) is 13.5 Å². The third-order valence-corrected chi connectivity index (χ3v) is 5.00. The first kappa shape index (κ1) is 10.8. The van der Waals surface area contributed by atoms with Crippen LogP contribution in [0.15, 0.2) is 30.3 Å². The molecule has 0 aliphatic heterocycles. The second-order valence-electron chi connectivity index (χ2n) is 3.27. The van der Waals surface area contributed by atoms with Crippen molar-refractivity contribution in [3.05, 3.63) is 45.3 Å². The lowest BCUT2D eigenvalue weighted by atomic mass is 10.1. The van der Waals surface area contributed by atoms with Crippen molar-refractivity contribution in [3.8, 4) is 0 Å². The number of nitrogens with one attached hydrogen (secondary N) is 1. The molecule has 1 aromatic carbocycles. The van der Waals surface area contributed by atoms with Crippen molar-refractivity contribution in [3.63, 3.8) is 0 Å². The topological polar surface area (TPSA) is 12.0 Å². The Morgan fingerprint density at radius 3 is 2.73 bits per heavy atom. The molecule has 1 aromatic heterocycles. The monoisotopic (exact) mass is 253 g/mol. The lowest BCUT2D eigenvalue weighted by Crippen LogP contribution is -1.99. The fourth-order valence-corrected chi connectivity index (χ4v) is 3.50. The van der Waals surface area contributed by atoms with E-state index in [2.05, 4.69) is 36.5 Å². The maximum atomic E-state index is 5.08. The number of aryl methyl sites for hydroxylation is 1. The maximum Gasteiger partial charge on any atom is 0.104 e. The molecule has 0 aliphatic carbocycles. The lowest BCUT2D eigenvalue weighted by Gasteiger charge is -2.06. The smallest absolute Gasteiger partial charge is 0.104 e. The van der Waals surface area contributed by atoms with Crippen molar-refractivity contribution in [1.29, 1.82) is 0 Å². The van der Waals surface area contributed by atoms with E-state index in [0.717, 1.165) is 15.4 Å². The summed E-state index contributed by atoms with van der Waals surface area (Å²) in [5.74, 6) is 0. The van der Waals surface area contributed by atoms with Gasteiger partial charge in [0, 0.05) is 12.6 Å². The molecule has 2 aromatic rings. The lowest BCUT2D eigenvalue weighted by molar-refractivity contribution is 1.13. The zero-order valence-electron chi connectivity index (χ0n) is 8.32. The highest BCUT2D eigenvalue weighted by atomic mass is 32.9. The van der Waals surface area contributed by atoms with E-state index in [1.807, 2.05) is 6.07 Å². The molecule has 4 heteroatoms. The van der Waals surface area contributed by atoms with Crippen LogP contribution in [0.1, 0.15) is 11.1 Å². The second-order valence-corrected chi connectivity index (χ2v) is 6.19. The number of rotatable bonds is 3. The molecular formula is C11H11NS3. The summed E-state index contributed by atoms with van der Waals surface area (Å²) in [5.41, 5.74) is 2.66. The highest BCUT2D eigenvalue weighted by Crippen LogP contribution is 2.24. The standard InChI is InChI=1S/C11H11NS3/c1-8-4-2-3-5-9(8)7-12-10-6-11(13)15-14-10/h2-6,12H,7H2,1H3. The third kappa shape index (κ3) is 2.87. The Morgan fingerprint density at radius 2 is 2.07 bits per heavy atom. The fraction of sp³-hybridized carbons (Fsp3) is 0.182. The zero-order valence-corrected chi connectivity index (χ0v) is 10.8. The van der Waals surface area contributed by atoms with Gasteiger partial charge < -0.3 is 5.32 Å². The van der Waals surface area contributed by atoms with Crippen molar-refractivity contribution in [2.24, 2.45) is 0 Å². The predicted molar refractivity (Wildman–Crippen MR) is 71.5 cm³/mol. The second kappa shape index (κ2) is 4.88. The summed E-state index contributed by atoms with van der Waals surface area (Å²) in [6, 6.07) is 10.4. The van der Waals surface area contributed by atoms with Crippen LogP contribution in [0.5, 0.6) is 0 Å². The van der Waals surface area contributed by atoms with Crippen molar-refractivity contribution >= 4 is 37.9 Å². The van der Waals surface area contributed by atoms with Gasteiger partial charge in [0.05, 0.1) is 0 Å². The van der Waals surface area contributed by atoms with Crippen molar-refractivity contribution in [2.75, 3.05) is 5.32 Å². The van der Waals surface area contributed by atoms with E-state index in [-0.39, 0.29) is 0 Å². The molecule has 1 heterocycles. The Morgan fingerprint density at radius 1 is 1.27 bits per heavy atom.